The van der Waals surface area contributed by atoms with E-state index in [4.69, 9.17) is 31.1 Å². The zero-order valence-corrected chi connectivity index (χ0v) is 35.7. The summed E-state index contributed by atoms with van der Waals surface area (Å²) in [6.45, 7) is 3.03. The Labute approximate surface area is 377 Å². The van der Waals surface area contributed by atoms with Gasteiger partial charge in [0, 0.05) is 71.9 Å². The van der Waals surface area contributed by atoms with Gasteiger partial charge in [0.1, 0.15) is 16.7 Å². The number of hydrogen-bond acceptors (Lipinski definition) is 5. The van der Waals surface area contributed by atoms with E-state index in [1.54, 1.807) is 47.6 Å². The maximum absolute atomic E-state index is 8.97. The van der Waals surface area contributed by atoms with Crippen molar-refractivity contribution in [1.82, 2.24) is 9.97 Å². The molecule has 5 aromatic carbocycles. The van der Waals surface area contributed by atoms with E-state index in [1.165, 1.54) is 42.7 Å². The van der Waals surface area contributed by atoms with Crippen molar-refractivity contribution in [3.8, 4) is 22.5 Å². The Kier molecular flexibility index (Phi) is 7.04. The molecular weight excluding hydrogens is 905 g/mol. The minimum Gasteiger partial charge on any atom is -0.497 e. The Hall–Kier alpha value is -5.55. The summed E-state index contributed by atoms with van der Waals surface area (Å²) in [6, 6.07) is 32.6. The van der Waals surface area contributed by atoms with E-state index in [-0.39, 0.29) is 47.9 Å². The molecule has 0 fully saturated rings. The van der Waals surface area contributed by atoms with Crippen LogP contribution in [0.3, 0.4) is 0 Å². The molecule has 0 bridgehead atoms. The van der Waals surface area contributed by atoms with Gasteiger partial charge in [-0.1, -0.05) is 119 Å². The number of aromatic nitrogens is 2. The third-order valence-electron chi connectivity index (χ3n) is 9.70. The summed E-state index contributed by atoms with van der Waals surface area (Å²) in [5.41, 5.74) is 3.57. The molecule has 0 amide bonds. The Morgan fingerprint density at radius 1 is 0.593 bits per heavy atom. The predicted octanol–water partition coefficient (Wildman–Crippen LogP) is 14.9. The molecule has 0 spiro atoms. The molecule has 5 aromatic heterocycles. The van der Waals surface area contributed by atoms with E-state index in [0.717, 1.165) is 43.5 Å². The number of fused-ring (bicyclic) bond motifs is 12. The third kappa shape index (κ3) is 7.61. The average molecular weight is 966 g/mol. The van der Waals surface area contributed by atoms with Gasteiger partial charge in [-0.2, -0.15) is 0 Å². The van der Waals surface area contributed by atoms with Crippen LogP contribution in [-0.2, 0) is 32.9 Å². The molecule has 0 atom stereocenters. The van der Waals surface area contributed by atoms with Crippen molar-refractivity contribution in [2.24, 2.45) is 10.8 Å². The predicted molar refractivity (Wildman–Crippen MR) is 239 cm³/mol. The largest absolute Gasteiger partial charge is 0.497 e. The molecule has 6 heteroatoms. The number of hydrogen-bond donors (Lipinski definition) is 0. The molecule has 5 heterocycles. The fourth-order valence-corrected chi connectivity index (χ4v) is 7.35. The smallest absolute Gasteiger partial charge is 0.178 e. The van der Waals surface area contributed by atoms with Crippen LogP contribution in [0, 0.1) is 43.5 Å². The maximum atomic E-state index is 8.97. The van der Waals surface area contributed by atoms with Crippen LogP contribution in [0.1, 0.15) is 87.2 Å². The second-order valence-corrected chi connectivity index (χ2v) is 16.5. The number of furan rings is 3. The van der Waals surface area contributed by atoms with E-state index >= 15 is 0 Å². The molecular formula is C53H48IrN2O3-2. The van der Waals surface area contributed by atoms with Gasteiger partial charge in [0.05, 0.1) is 11.0 Å². The van der Waals surface area contributed by atoms with Gasteiger partial charge in [-0.25, -0.2) is 0 Å². The van der Waals surface area contributed by atoms with Gasteiger partial charge < -0.3 is 23.2 Å². The molecule has 0 N–H and O–H groups in total. The standard InChI is InChI=1S/C35H26NO3.C18H22N.Ir/c1-19-18-36-25(16-20(19)17-35(2,3)4)21-12-9-13-24-30-32-28(22-10-5-7-14-26(22)37-32)29-23-11-6-8-15-27(23)38-33(29)34(30)39-31(21)24;1-13-6-8-15(9-7-13)17-10-14(2)16(12-19-17)11-18(3,4)5;/h5-11,13-16,18H,17H2,1-4H3;6-8,10,12H,11H2,1-5H3;/q2*-1;/i1D3,17D2;1D3,2D3,11D2;. The zero-order valence-electron chi connectivity index (χ0n) is 46.3. The second-order valence-electron chi connectivity index (χ2n) is 16.5. The topological polar surface area (TPSA) is 65.2 Å². The monoisotopic (exact) mass is 966 g/mol. The van der Waals surface area contributed by atoms with Crippen LogP contribution in [0.25, 0.3) is 88.3 Å². The van der Waals surface area contributed by atoms with Gasteiger partial charge in [-0.05, 0) is 71.9 Å². The first-order valence-corrected chi connectivity index (χ1v) is 19.0. The Balaban J connectivity index is 0.000000214. The molecule has 0 aliphatic heterocycles. The quantitative estimate of drug-likeness (QED) is 0.164. The summed E-state index contributed by atoms with van der Waals surface area (Å²) in [4.78, 5) is 8.75. The Morgan fingerprint density at radius 3 is 1.90 bits per heavy atom. The molecule has 10 aromatic rings. The van der Waals surface area contributed by atoms with Crippen molar-refractivity contribution >= 4 is 65.8 Å². The molecule has 1 radical (unpaired) electrons. The number of rotatable bonds is 4. The van der Waals surface area contributed by atoms with Gasteiger partial charge >= 0.3 is 0 Å². The van der Waals surface area contributed by atoms with Crippen molar-refractivity contribution in [2.75, 3.05) is 0 Å². The van der Waals surface area contributed by atoms with Crippen LogP contribution in [-0.4, -0.2) is 9.97 Å². The van der Waals surface area contributed by atoms with Crippen molar-refractivity contribution in [3.63, 3.8) is 0 Å². The van der Waals surface area contributed by atoms with Gasteiger partial charge in [0.25, 0.3) is 0 Å². The van der Waals surface area contributed by atoms with Crippen LogP contribution in [0.5, 0.6) is 0 Å². The molecule has 0 saturated heterocycles. The number of benzene rings is 5. The SMILES string of the molecule is [2H]C([2H])([2H])c1c[c-]c(-c2cc(C([2H])([2H])[2H])c(C([2H])([2H])C(C)(C)C)cn2)cc1.[2H]C([2H])([2H])c1cnc(-c2[c-]ccc3c2oc2c4oc5ccccc5c4c4c5ccccc5oc4c32)cc1C([2H])([2H])C(C)(C)C.[Ir]. The fraction of sp³-hybridized carbons (Fsp3) is 0.245. The zero-order chi connectivity index (χ0) is 51.6. The second kappa shape index (κ2) is 15.2. The summed E-state index contributed by atoms with van der Waals surface area (Å²) in [5, 5.41) is 5.25. The van der Waals surface area contributed by atoms with Gasteiger partial charge in [-0.3, -0.25) is 0 Å². The molecule has 10 rings (SSSR count). The first kappa shape index (κ1) is 27.3. The molecule has 5 nitrogen and oxygen atoms in total. The van der Waals surface area contributed by atoms with Crippen LogP contribution >= 0.6 is 0 Å². The van der Waals surface area contributed by atoms with E-state index in [0.29, 0.717) is 44.8 Å². The molecule has 0 aliphatic rings. The van der Waals surface area contributed by atoms with Crippen LogP contribution in [0.2, 0.25) is 0 Å². The van der Waals surface area contributed by atoms with Crippen molar-refractivity contribution < 1.29 is 51.2 Å². The van der Waals surface area contributed by atoms with Crippen LogP contribution in [0.4, 0.5) is 0 Å². The van der Waals surface area contributed by atoms with Crippen LogP contribution < -0.4 is 0 Å². The van der Waals surface area contributed by atoms with Gasteiger partial charge in [-0.15, -0.1) is 53.6 Å². The third-order valence-corrected chi connectivity index (χ3v) is 9.70. The minimum absolute atomic E-state index is 0. The molecule has 59 heavy (non-hydrogen) atoms. The number of nitrogens with zero attached hydrogens (tertiary/aromatic N) is 2. The summed E-state index contributed by atoms with van der Waals surface area (Å²) >= 11 is 0. The van der Waals surface area contributed by atoms with E-state index < -0.39 is 44.1 Å². The normalized spacial score (nSPS) is 16.5. The first-order chi connectivity index (χ1) is 32.9. The number of para-hydroxylation sites is 2. The van der Waals surface area contributed by atoms with E-state index in [9.17, 15) is 0 Å². The fourth-order valence-electron chi connectivity index (χ4n) is 7.35. The van der Waals surface area contributed by atoms with E-state index in [1.807, 2.05) is 54.6 Å². The summed E-state index contributed by atoms with van der Waals surface area (Å²) < 4.78 is 124. The number of aryl methyl sites for hydroxylation is 3. The Morgan fingerprint density at radius 2 is 1.24 bits per heavy atom. The summed E-state index contributed by atoms with van der Waals surface area (Å²) in [7, 11) is 0. The first-order valence-electron chi connectivity index (χ1n) is 25.5. The Bertz CT molecular complexity index is 3700. The maximum Gasteiger partial charge on any atom is 0.178 e. The summed E-state index contributed by atoms with van der Waals surface area (Å²) in [6.07, 6.45) is -1.37. The number of pyridine rings is 2. The van der Waals surface area contributed by atoms with Crippen molar-refractivity contribution in [3.05, 3.63) is 143 Å². The molecule has 0 unspecified atom stereocenters. The average Bonchev–Trinajstić information content (AvgIpc) is 3.99. The van der Waals surface area contributed by atoms with Crippen molar-refractivity contribution in [2.45, 2.75) is 74.8 Å². The summed E-state index contributed by atoms with van der Waals surface area (Å²) in [5.74, 6) is 0. The molecule has 0 saturated carbocycles. The minimum atomic E-state index is -2.55. The molecule has 299 valence electrons. The van der Waals surface area contributed by atoms with E-state index in [2.05, 4.69) is 22.1 Å². The van der Waals surface area contributed by atoms with Crippen molar-refractivity contribution in [1.29, 1.82) is 0 Å². The molecule has 0 aliphatic carbocycles. The van der Waals surface area contributed by atoms with Gasteiger partial charge in [0.2, 0.25) is 0 Å². The van der Waals surface area contributed by atoms with Gasteiger partial charge in [0.15, 0.2) is 11.2 Å². The van der Waals surface area contributed by atoms with Crippen LogP contribution in [0.15, 0.2) is 117 Å².